The lowest BCUT2D eigenvalue weighted by Gasteiger charge is -2.12. The summed E-state index contributed by atoms with van der Waals surface area (Å²) in [5.74, 6) is -1.89. The van der Waals surface area contributed by atoms with E-state index in [0.717, 1.165) is 5.56 Å². The average molecular weight is 242 g/mol. The SMILES string of the molecule is OCc1ccc(OCC2CCC(F)(F)C2)cc1. The van der Waals surface area contributed by atoms with Gasteiger partial charge in [0.2, 0.25) is 5.92 Å². The molecule has 0 radical (unpaired) electrons. The van der Waals surface area contributed by atoms with Crippen molar-refractivity contribution in [3.05, 3.63) is 29.8 Å². The van der Waals surface area contributed by atoms with Gasteiger partial charge in [-0.1, -0.05) is 12.1 Å². The Balaban J connectivity index is 1.82. The van der Waals surface area contributed by atoms with Gasteiger partial charge < -0.3 is 9.84 Å². The first kappa shape index (κ1) is 12.3. The third-order valence-corrected chi connectivity index (χ3v) is 3.10. The van der Waals surface area contributed by atoms with Crippen molar-refractivity contribution in [3.63, 3.8) is 0 Å². The van der Waals surface area contributed by atoms with Crippen molar-refractivity contribution in [3.8, 4) is 5.75 Å². The highest BCUT2D eigenvalue weighted by molar-refractivity contribution is 5.26. The Morgan fingerprint density at radius 1 is 1.29 bits per heavy atom. The van der Waals surface area contributed by atoms with Crippen LogP contribution in [0, 0.1) is 5.92 Å². The van der Waals surface area contributed by atoms with Gasteiger partial charge in [-0.3, -0.25) is 0 Å². The molecule has 0 amide bonds. The monoisotopic (exact) mass is 242 g/mol. The number of aliphatic hydroxyl groups excluding tert-OH is 1. The molecule has 0 heterocycles. The Bertz CT molecular complexity index is 362. The molecule has 4 heteroatoms. The van der Waals surface area contributed by atoms with Gasteiger partial charge in [-0.2, -0.15) is 0 Å². The van der Waals surface area contributed by atoms with Crippen LogP contribution < -0.4 is 4.74 Å². The van der Waals surface area contributed by atoms with E-state index in [0.29, 0.717) is 18.8 Å². The molecule has 2 nitrogen and oxygen atoms in total. The molecule has 1 saturated carbocycles. The molecule has 0 aromatic heterocycles. The number of hydrogen-bond donors (Lipinski definition) is 1. The van der Waals surface area contributed by atoms with Crippen molar-refractivity contribution in [1.82, 2.24) is 0 Å². The van der Waals surface area contributed by atoms with Crippen LogP contribution in [0.25, 0.3) is 0 Å². The molecule has 1 atom stereocenters. The number of alkyl halides is 2. The average Bonchev–Trinajstić information content (AvgIpc) is 2.67. The summed E-state index contributed by atoms with van der Waals surface area (Å²) in [5.41, 5.74) is 0.810. The van der Waals surface area contributed by atoms with E-state index in [1.165, 1.54) is 0 Å². The number of benzene rings is 1. The molecule has 1 fully saturated rings. The molecular weight excluding hydrogens is 226 g/mol. The smallest absolute Gasteiger partial charge is 0.248 e. The number of rotatable bonds is 4. The molecule has 1 aromatic carbocycles. The predicted octanol–water partition coefficient (Wildman–Crippen LogP) is 2.99. The lowest BCUT2D eigenvalue weighted by molar-refractivity contribution is 0.00292. The fourth-order valence-electron chi connectivity index (χ4n) is 2.09. The maximum absolute atomic E-state index is 12.9. The van der Waals surface area contributed by atoms with Crippen LogP contribution in [0.4, 0.5) is 8.78 Å². The molecule has 0 spiro atoms. The Morgan fingerprint density at radius 2 is 2.00 bits per heavy atom. The van der Waals surface area contributed by atoms with Crippen LogP contribution >= 0.6 is 0 Å². The van der Waals surface area contributed by atoms with Crippen molar-refractivity contribution in [2.75, 3.05) is 6.61 Å². The summed E-state index contributed by atoms with van der Waals surface area (Å²) >= 11 is 0. The minimum Gasteiger partial charge on any atom is -0.493 e. The molecule has 1 N–H and O–H groups in total. The van der Waals surface area contributed by atoms with E-state index in [4.69, 9.17) is 9.84 Å². The van der Waals surface area contributed by atoms with Crippen LogP contribution in [0.15, 0.2) is 24.3 Å². The van der Waals surface area contributed by atoms with E-state index in [9.17, 15) is 8.78 Å². The molecule has 1 aliphatic rings. The lowest BCUT2D eigenvalue weighted by atomic mass is 10.1. The molecule has 17 heavy (non-hydrogen) atoms. The molecule has 94 valence electrons. The van der Waals surface area contributed by atoms with Gasteiger partial charge in [-0.15, -0.1) is 0 Å². The van der Waals surface area contributed by atoms with E-state index in [2.05, 4.69) is 0 Å². The minimum absolute atomic E-state index is 0.00483. The molecule has 0 bridgehead atoms. The van der Waals surface area contributed by atoms with Crippen LogP contribution in [0.5, 0.6) is 5.75 Å². The van der Waals surface area contributed by atoms with Crippen LogP contribution in [0.1, 0.15) is 24.8 Å². The molecular formula is C13H16F2O2. The van der Waals surface area contributed by atoms with E-state index in [1.54, 1.807) is 24.3 Å². The fourth-order valence-corrected chi connectivity index (χ4v) is 2.09. The third-order valence-electron chi connectivity index (χ3n) is 3.10. The normalized spacial score (nSPS) is 22.6. The number of halogens is 2. The van der Waals surface area contributed by atoms with Crippen LogP contribution in [-0.4, -0.2) is 17.6 Å². The zero-order chi connectivity index (χ0) is 12.3. The highest BCUT2D eigenvalue weighted by atomic mass is 19.3. The van der Waals surface area contributed by atoms with Gasteiger partial charge in [-0.25, -0.2) is 8.78 Å². The summed E-state index contributed by atoms with van der Waals surface area (Å²) in [4.78, 5) is 0. The Kier molecular flexibility index (Phi) is 3.62. The largest absolute Gasteiger partial charge is 0.493 e. The van der Waals surface area contributed by atoms with Crippen molar-refractivity contribution in [2.24, 2.45) is 5.92 Å². The molecule has 0 aliphatic heterocycles. The summed E-state index contributed by atoms with van der Waals surface area (Å²) < 4.78 is 31.3. The van der Waals surface area contributed by atoms with E-state index < -0.39 is 5.92 Å². The van der Waals surface area contributed by atoms with Gasteiger partial charge in [0.1, 0.15) is 5.75 Å². The summed E-state index contributed by atoms with van der Waals surface area (Å²) in [6.07, 6.45) is 0.438. The molecule has 1 aromatic rings. The second-order valence-corrected chi connectivity index (χ2v) is 4.58. The summed E-state index contributed by atoms with van der Waals surface area (Å²) in [6, 6.07) is 7.02. The maximum atomic E-state index is 12.9. The summed E-state index contributed by atoms with van der Waals surface area (Å²) in [6.45, 7) is 0.336. The van der Waals surface area contributed by atoms with Gasteiger partial charge in [0.25, 0.3) is 0 Å². The maximum Gasteiger partial charge on any atom is 0.248 e. The highest BCUT2D eigenvalue weighted by Crippen LogP contribution is 2.38. The van der Waals surface area contributed by atoms with Gasteiger partial charge in [-0.05, 0) is 30.0 Å². The first-order valence-corrected chi connectivity index (χ1v) is 5.79. The molecule has 2 rings (SSSR count). The number of ether oxygens (including phenoxy) is 1. The minimum atomic E-state index is -2.51. The zero-order valence-electron chi connectivity index (χ0n) is 9.53. The third kappa shape index (κ3) is 3.40. The topological polar surface area (TPSA) is 29.5 Å². The number of hydrogen-bond acceptors (Lipinski definition) is 2. The Labute approximate surface area is 99.2 Å². The standard InChI is InChI=1S/C13H16F2O2/c14-13(15)6-5-11(7-13)9-17-12-3-1-10(8-16)2-4-12/h1-4,11,16H,5-9H2. The lowest BCUT2D eigenvalue weighted by Crippen LogP contribution is -2.13. The molecule has 1 unspecified atom stereocenters. The van der Waals surface area contributed by atoms with E-state index in [1.807, 2.05) is 0 Å². The van der Waals surface area contributed by atoms with Crippen molar-refractivity contribution >= 4 is 0 Å². The Hall–Kier alpha value is -1.16. The molecule has 1 aliphatic carbocycles. The van der Waals surface area contributed by atoms with Crippen LogP contribution in [0.2, 0.25) is 0 Å². The summed E-state index contributed by atoms with van der Waals surface area (Å²) in [7, 11) is 0. The number of aliphatic hydroxyl groups is 1. The van der Waals surface area contributed by atoms with Crippen molar-refractivity contribution < 1.29 is 18.6 Å². The van der Waals surface area contributed by atoms with Gasteiger partial charge in [0.15, 0.2) is 0 Å². The quantitative estimate of drug-likeness (QED) is 0.879. The van der Waals surface area contributed by atoms with Gasteiger partial charge >= 0.3 is 0 Å². The van der Waals surface area contributed by atoms with Gasteiger partial charge in [0, 0.05) is 12.8 Å². The predicted molar refractivity (Wildman–Crippen MR) is 60.1 cm³/mol. The first-order chi connectivity index (χ1) is 8.09. The fraction of sp³-hybridized carbons (Fsp3) is 0.538. The highest BCUT2D eigenvalue weighted by Gasteiger charge is 2.39. The second kappa shape index (κ2) is 5.00. The molecule has 0 saturated heterocycles. The van der Waals surface area contributed by atoms with Crippen LogP contribution in [0.3, 0.4) is 0 Å². The second-order valence-electron chi connectivity index (χ2n) is 4.58. The zero-order valence-corrected chi connectivity index (χ0v) is 9.53. The van der Waals surface area contributed by atoms with Crippen LogP contribution in [-0.2, 0) is 6.61 Å². The van der Waals surface area contributed by atoms with Crippen molar-refractivity contribution in [2.45, 2.75) is 31.8 Å². The first-order valence-electron chi connectivity index (χ1n) is 5.79. The Morgan fingerprint density at radius 3 is 2.53 bits per heavy atom. The van der Waals surface area contributed by atoms with E-state index >= 15 is 0 Å². The van der Waals surface area contributed by atoms with E-state index in [-0.39, 0.29) is 25.4 Å². The van der Waals surface area contributed by atoms with Crippen molar-refractivity contribution in [1.29, 1.82) is 0 Å². The summed E-state index contributed by atoms with van der Waals surface area (Å²) in [5, 5.41) is 8.86. The van der Waals surface area contributed by atoms with Gasteiger partial charge in [0.05, 0.1) is 13.2 Å².